The summed E-state index contributed by atoms with van der Waals surface area (Å²) >= 11 is 0. The number of nitrogen functional groups attached to an aromatic ring is 2. The molecule has 5 nitrogen and oxygen atoms in total. The maximum absolute atomic E-state index is 13.5. The Hall–Kier alpha value is -3.46. The maximum Gasteiger partial charge on any atom is 0.222 e. The van der Waals surface area contributed by atoms with Crippen LogP contribution in [0.25, 0.3) is 22.4 Å². The molecule has 2 aromatic carbocycles. The molecule has 0 atom stereocenters. The van der Waals surface area contributed by atoms with Crippen LogP contribution in [0, 0.1) is 17.1 Å². The van der Waals surface area contributed by atoms with Crippen molar-refractivity contribution in [1.29, 1.82) is 5.26 Å². The number of aromatic nitrogens is 2. The Morgan fingerprint density at radius 2 is 1.70 bits per heavy atom. The van der Waals surface area contributed by atoms with Gasteiger partial charge in [-0.25, -0.2) is 9.37 Å². The molecule has 0 saturated heterocycles. The first-order valence-electron chi connectivity index (χ1n) is 6.78. The van der Waals surface area contributed by atoms with Gasteiger partial charge in [-0.1, -0.05) is 36.4 Å². The third-order valence-electron chi connectivity index (χ3n) is 3.38. The van der Waals surface area contributed by atoms with Crippen LogP contribution in [0.4, 0.5) is 16.2 Å². The van der Waals surface area contributed by atoms with Crippen LogP contribution in [-0.2, 0) is 0 Å². The highest BCUT2D eigenvalue weighted by atomic mass is 19.1. The molecule has 3 aromatic rings. The molecule has 0 saturated carbocycles. The van der Waals surface area contributed by atoms with Crippen molar-refractivity contribution in [2.45, 2.75) is 0 Å². The summed E-state index contributed by atoms with van der Waals surface area (Å²) in [5, 5.41) is 9.35. The van der Waals surface area contributed by atoms with Gasteiger partial charge < -0.3 is 11.5 Å². The molecule has 1 aromatic heterocycles. The Morgan fingerprint density at radius 3 is 2.39 bits per heavy atom. The van der Waals surface area contributed by atoms with Crippen molar-refractivity contribution in [3.63, 3.8) is 0 Å². The highest BCUT2D eigenvalue weighted by molar-refractivity contribution is 5.86. The van der Waals surface area contributed by atoms with E-state index in [9.17, 15) is 9.65 Å². The van der Waals surface area contributed by atoms with Gasteiger partial charge in [0.05, 0.1) is 5.69 Å². The smallest absolute Gasteiger partial charge is 0.222 e. The minimum atomic E-state index is -0.348. The van der Waals surface area contributed by atoms with Crippen LogP contribution in [0.2, 0.25) is 0 Å². The average molecular weight is 305 g/mol. The van der Waals surface area contributed by atoms with E-state index in [1.807, 2.05) is 18.2 Å². The second-order valence-electron chi connectivity index (χ2n) is 4.86. The first kappa shape index (κ1) is 14.5. The normalized spacial score (nSPS) is 10.3. The van der Waals surface area contributed by atoms with Gasteiger partial charge in [-0.15, -0.1) is 0 Å². The van der Waals surface area contributed by atoms with Gasteiger partial charge in [-0.2, -0.15) is 10.2 Å². The second-order valence-corrected chi connectivity index (χ2v) is 4.86. The number of hydrogen-bond acceptors (Lipinski definition) is 5. The molecule has 6 heteroatoms. The number of benzene rings is 2. The summed E-state index contributed by atoms with van der Waals surface area (Å²) in [5.41, 5.74) is 13.9. The van der Waals surface area contributed by atoms with E-state index in [1.165, 1.54) is 12.1 Å². The molecule has 0 spiro atoms. The van der Waals surface area contributed by atoms with Crippen LogP contribution < -0.4 is 11.5 Å². The SMILES string of the molecule is N#Cc1c(N)nc(N)nc1-c1ccccc1-c1cccc(F)c1. The molecule has 0 aliphatic rings. The number of nitrogens with two attached hydrogens (primary N) is 2. The minimum absolute atomic E-state index is 0.0176. The zero-order valence-electron chi connectivity index (χ0n) is 12.0. The molecule has 4 N–H and O–H groups in total. The Kier molecular flexibility index (Phi) is 3.61. The number of anilines is 2. The fourth-order valence-corrected chi connectivity index (χ4v) is 2.40. The Bertz CT molecular complexity index is 931. The third kappa shape index (κ3) is 2.68. The van der Waals surface area contributed by atoms with Crippen LogP contribution in [0.1, 0.15) is 5.56 Å². The maximum atomic E-state index is 13.5. The number of nitriles is 1. The lowest BCUT2D eigenvalue weighted by molar-refractivity contribution is 0.628. The van der Waals surface area contributed by atoms with Gasteiger partial charge in [0.25, 0.3) is 0 Å². The summed E-state index contributed by atoms with van der Waals surface area (Å²) in [6.45, 7) is 0. The molecule has 23 heavy (non-hydrogen) atoms. The van der Waals surface area contributed by atoms with Crippen molar-refractivity contribution in [3.05, 3.63) is 59.9 Å². The van der Waals surface area contributed by atoms with E-state index in [4.69, 9.17) is 11.5 Å². The van der Waals surface area contributed by atoms with E-state index in [1.54, 1.807) is 24.3 Å². The molecule has 0 aliphatic carbocycles. The molecule has 0 amide bonds. The fourth-order valence-electron chi connectivity index (χ4n) is 2.40. The third-order valence-corrected chi connectivity index (χ3v) is 3.38. The first-order chi connectivity index (χ1) is 11.1. The number of hydrogen-bond donors (Lipinski definition) is 2. The van der Waals surface area contributed by atoms with Crippen molar-refractivity contribution < 1.29 is 4.39 Å². The van der Waals surface area contributed by atoms with Crippen LogP contribution in [0.5, 0.6) is 0 Å². The Morgan fingerprint density at radius 1 is 0.957 bits per heavy atom. The van der Waals surface area contributed by atoms with Crippen LogP contribution in [0.3, 0.4) is 0 Å². The monoisotopic (exact) mass is 305 g/mol. The summed E-state index contributed by atoms with van der Waals surface area (Å²) in [5.74, 6) is -0.353. The van der Waals surface area contributed by atoms with E-state index < -0.39 is 0 Å². The predicted molar refractivity (Wildman–Crippen MR) is 86.4 cm³/mol. The zero-order chi connectivity index (χ0) is 16.4. The first-order valence-corrected chi connectivity index (χ1v) is 6.78. The summed E-state index contributed by atoms with van der Waals surface area (Å²) in [7, 11) is 0. The van der Waals surface area contributed by atoms with E-state index in [0.29, 0.717) is 16.8 Å². The summed E-state index contributed by atoms with van der Waals surface area (Å²) in [6.07, 6.45) is 0. The van der Waals surface area contributed by atoms with Crippen molar-refractivity contribution in [2.75, 3.05) is 11.5 Å². The molecular formula is C17H12FN5. The summed E-state index contributed by atoms with van der Waals surface area (Å²) < 4.78 is 13.5. The predicted octanol–water partition coefficient (Wildman–Crippen LogP) is 2.99. The number of halogens is 1. The van der Waals surface area contributed by atoms with Gasteiger partial charge in [-0.05, 0) is 23.3 Å². The number of nitrogens with zero attached hydrogens (tertiary/aromatic N) is 3. The van der Waals surface area contributed by atoms with E-state index in [-0.39, 0.29) is 23.1 Å². The van der Waals surface area contributed by atoms with E-state index >= 15 is 0 Å². The Balaban J connectivity index is 2.30. The standard InChI is InChI=1S/C17H12FN5/c18-11-5-3-4-10(8-11)12-6-1-2-7-13(12)15-14(9-19)16(20)23-17(21)22-15/h1-8H,(H4,20,21,22,23). The van der Waals surface area contributed by atoms with E-state index in [2.05, 4.69) is 9.97 Å². The lowest BCUT2D eigenvalue weighted by Crippen LogP contribution is -2.05. The minimum Gasteiger partial charge on any atom is -0.382 e. The largest absolute Gasteiger partial charge is 0.382 e. The van der Waals surface area contributed by atoms with Crippen molar-refractivity contribution in [2.24, 2.45) is 0 Å². The molecular weight excluding hydrogens is 293 g/mol. The quantitative estimate of drug-likeness (QED) is 0.757. The molecule has 0 aliphatic heterocycles. The molecule has 0 fully saturated rings. The lowest BCUT2D eigenvalue weighted by atomic mass is 9.95. The molecule has 112 valence electrons. The van der Waals surface area contributed by atoms with Gasteiger partial charge in [-0.3, -0.25) is 0 Å². The van der Waals surface area contributed by atoms with Gasteiger partial charge in [0.1, 0.15) is 23.3 Å². The van der Waals surface area contributed by atoms with Crippen LogP contribution in [0.15, 0.2) is 48.5 Å². The number of rotatable bonds is 2. The van der Waals surface area contributed by atoms with E-state index in [0.717, 1.165) is 5.56 Å². The molecule has 3 rings (SSSR count). The summed E-state index contributed by atoms with van der Waals surface area (Å²) in [6, 6.07) is 15.4. The van der Waals surface area contributed by atoms with Gasteiger partial charge in [0, 0.05) is 5.56 Å². The van der Waals surface area contributed by atoms with Crippen molar-refractivity contribution in [3.8, 4) is 28.5 Å². The van der Waals surface area contributed by atoms with Crippen LogP contribution >= 0.6 is 0 Å². The molecule has 1 heterocycles. The van der Waals surface area contributed by atoms with Gasteiger partial charge in [0.2, 0.25) is 5.95 Å². The Labute approximate surface area is 132 Å². The van der Waals surface area contributed by atoms with Crippen molar-refractivity contribution >= 4 is 11.8 Å². The lowest BCUT2D eigenvalue weighted by Gasteiger charge is -2.12. The molecule has 0 unspecified atom stereocenters. The summed E-state index contributed by atoms with van der Waals surface area (Å²) in [4.78, 5) is 7.96. The molecule has 0 radical (unpaired) electrons. The van der Waals surface area contributed by atoms with Crippen LogP contribution in [-0.4, -0.2) is 9.97 Å². The zero-order valence-corrected chi connectivity index (χ0v) is 12.0. The average Bonchev–Trinajstić information content (AvgIpc) is 2.54. The molecule has 0 bridgehead atoms. The highest BCUT2D eigenvalue weighted by Gasteiger charge is 2.16. The van der Waals surface area contributed by atoms with Gasteiger partial charge in [0.15, 0.2) is 0 Å². The van der Waals surface area contributed by atoms with Gasteiger partial charge >= 0.3 is 0 Å². The van der Waals surface area contributed by atoms with Crippen molar-refractivity contribution in [1.82, 2.24) is 9.97 Å². The second kappa shape index (κ2) is 5.73. The highest BCUT2D eigenvalue weighted by Crippen LogP contribution is 2.34. The topological polar surface area (TPSA) is 102 Å². The fraction of sp³-hybridized carbons (Fsp3) is 0.